The molecule has 0 radical (unpaired) electrons. The van der Waals surface area contributed by atoms with E-state index in [1.807, 2.05) is 11.0 Å². The van der Waals surface area contributed by atoms with E-state index < -0.39 is 0 Å². The summed E-state index contributed by atoms with van der Waals surface area (Å²) in [5, 5.41) is 0. The molecule has 1 amide bonds. The fraction of sp³-hybridized carbons (Fsp3) is 0.611. The Morgan fingerprint density at radius 3 is 2.64 bits per heavy atom. The van der Waals surface area contributed by atoms with Crippen LogP contribution in [0.3, 0.4) is 0 Å². The van der Waals surface area contributed by atoms with Gasteiger partial charge in [-0.25, -0.2) is 4.39 Å². The summed E-state index contributed by atoms with van der Waals surface area (Å²) in [5.74, 6) is 1.17. The third-order valence-electron chi connectivity index (χ3n) is 5.02. The van der Waals surface area contributed by atoms with Crippen LogP contribution in [-0.4, -0.2) is 29.9 Å². The molecule has 3 rings (SSSR count). The first-order valence-electron chi connectivity index (χ1n) is 8.39. The molecule has 22 heavy (non-hydrogen) atoms. The van der Waals surface area contributed by atoms with Gasteiger partial charge in [0, 0.05) is 25.6 Å². The van der Waals surface area contributed by atoms with E-state index in [1.165, 1.54) is 18.9 Å². The highest BCUT2D eigenvalue weighted by atomic mass is 19.1. The molecule has 1 atom stereocenters. The van der Waals surface area contributed by atoms with E-state index in [2.05, 4.69) is 0 Å². The average molecular weight is 304 g/mol. The minimum atomic E-state index is -0.167. The number of hydrogen-bond acceptors (Lipinski definition) is 2. The largest absolute Gasteiger partial charge is 0.343 e. The zero-order chi connectivity index (χ0) is 15.5. The number of carbonyl (C=O) groups is 1. The van der Waals surface area contributed by atoms with Crippen LogP contribution in [0.15, 0.2) is 24.3 Å². The van der Waals surface area contributed by atoms with Gasteiger partial charge in [0.1, 0.15) is 5.82 Å². The number of nitrogens with zero attached hydrogens (tertiary/aromatic N) is 1. The van der Waals surface area contributed by atoms with Gasteiger partial charge in [0.25, 0.3) is 0 Å². The van der Waals surface area contributed by atoms with Gasteiger partial charge in [0.15, 0.2) is 0 Å². The number of benzene rings is 1. The number of nitrogens with two attached hydrogens (primary N) is 1. The molecular formula is C18H25FN2O. The Morgan fingerprint density at radius 2 is 2.00 bits per heavy atom. The smallest absolute Gasteiger partial charge is 0.224 e. The van der Waals surface area contributed by atoms with Crippen molar-refractivity contribution in [2.75, 3.05) is 13.1 Å². The van der Waals surface area contributed by atoms with Gasteiger partial charge in [-0.1, -0.05) is 12.1 Å². The molecule has 1 heterocycles. The molecule has 0 spiro atoms. The molecular weight excluding hydrogens is 279 g/mol. The molecule has 3 nitrogen and oxygen atoms in total. The fourth-order valence-electron chi connectivity index (χ4n) is 3.41. The van der Waals surface area contributed by atoms with Gasteiger partial charge in [-0.05, 0) is 61.6 Å². The van der Waals surface area contributed by atoms with E-state index in [-0.39, 0.29) is 17.8 Å². The van der Waals surface area contributed by atoms with Crippen LogP contribution in [0.25, 0.3) is 0 Å². The van der Waals surface area contributed by atoms with Crippen molar-refractivity contribution in [3.63, 3.8) is 0 Å². The number of hydrogen-bond donors (Lipinski definition) is 1. The predicted octanol–water partition coefficient (Wildman–Crippen LogP) is 2.73. The van der Waals surface area contributed by atoms with Crippen molar-refractivity contribution in [1.82, 2.24) is 4.90 Å². The lowest BCUT2D eigenvalue weighted by molar-refractivity contribution is -0.133. The SMILES string of the molecule is N[C@H](CC(=O)N1CCC(Cc2cccc(F)c2)CC1)C1CC1. The van der Waals surface area contributed by atoms with Gasteiger partial charge in [-0.2, -0.15) is 0 Å². The lowest BCUT2D eigenvalue weighted by Crippen LogP contribution is -2.41. The molecule has 1 saturated heterocycles. The molecule has 2 fully saturated rings. The Kier molecular flexibility index (Phi) is 4.77. The van der Waals surface area contributed by atoms with Gasteiger partial charge >= 0.3 is 0 Å². The molecule has 2 aliphatic rings. The lowest BCUT2D eigenvalue weighted by Gasteiger charge is -2.32. The van der Waals surface area contributed by atoms with Gasteiger partial charge in [0.2, 0.25) is 5.91 Å². The maximum Gasteiger partial charge on any atom is 0.224 e. The van der Waals surface area contributed by atoms with Crippen molar-refractivity contribution in [3.05, 3.63) is 35.6 Å². The third kappa shape index (κ3) is 4.07. The number of likely N-dealkylation sites (tertiary alicyclic amines) is 1. The van der Waals surface area contributed by atoms with Crippen molar-refractivity contribution in [2.45, 2.75) is 44.6 Å². The summed E-state index contributed by atoms with van der Waals surface area (Å²) >= 11 is 0. The van der Waals surface area contributed by atoms with Crippen LogP contribution in [0.4, 0.5) is 4.39 Å². The van der Waals surface area contributed by atoms with Crippen molar-refractivity contribution in [3.8, 4) is 0 Å². The summed E-state index contributed by atoms with van der Waals surface area (Å²) in [7, 11) is 0. The van der Waals surface area contributed by atoms with Crippen molar-refractivity contribution >= 4 is 5.91 Å². The molecule has 0 aromatic heterocycles. The minimum absolute atomic E-state index is 0.0533. The second kappa shape index (κ2) is 6.78. The molecule has 1 aromatic carbocycles. The zero-order valence-electron chi connectivity index (χ0n) is 13.0. The van der Waals surface area contributed by atoms with E-state index in [1.54, 1.807) is 12.1 Å². The number of piperidine rings is 1. The van der Waals surface area contributed by atoms with Crippen LogP contribution in [0.5, 0.6) is 0 Å². The molecule has 2 N–H and O–H groups in total. The van der Waals surface area contributed by atoms with Crippen LogP contribution < -0.4 is 5.73 Å². The first kappa shape index (κ1) is 15.5. The summed E-state index contributed by atoms with van der Waals surface area (Å²) in [5.41, 5.74) is 7.10. The van der Waals surface area contributed by atoms with E-state index in [0.29, 0.717) is 18.3 Å². The summed E-state index contributed by atoms with van der Waals surface area (Å²) in [6.07, 6.45) is 5.77. The normalized spacial score (nSPS) is 20.9. The fourth-order valence-corrected chi connectivity index (χ4v) is 3.41. The standard InChI is InChI=1S/C18H25FN2O/c19-16-3-1-2-14(11-16)10-13-6-8-21(9-7-13)18(22)12-17(20)15-4-5-15/h1-3,11,13,15,17H,4-10,12,20H2/t17-/m1/s1. The number of halogens is 1. The quantitative estimate of drug-likeness (QED) is 0.909. The van der Waals surface area contributed by atoms with Crippen LogP contribution in [-0.2, 0) is 11.2 Å². The Bertz CT molecular complexity index is 522. The summed E-state index contributed by atoms with van der Waals surface area (Å²) in [6, 6.07) is 6.90. The predicted molar refractivity (Wildman–Crippen MR) is 84.7 cm³/mol. The van der Waals surface area contributed by atoms with Crippen molar-refractivity contribution < 1.29 is 9.18 Å². The van der Waals surface area contributed by atoms with Gasteiger partial charge in [-0.3, -0.25) is 4.79 Å². The molecule has 1 saturated carbocycles. The minimum Gasteiger partial charge on any atom is -0.343 e. The molecule has 1 aliphatic carbocycles. The van der Waals surface area contributed by atoms with Gasteiger partial charge in [0.05, 0.1) is 0 Å². The lowest BCUT2D eigenvalue weighted by atomic mass is 9.90. The molecule has 120 valence electrons. The van der Waals surface area contributed by atoms with Crippen LogP contribution in [0.2, 0.25) is 0 Å². The second-order valence-corrected chi connectivity index (χ2v) is 6.86. The van der Waals surface area contributed by atoms with Crippen LogP contribution >= 0.6 is 0 Å². The highest BCUT2D eigenvalue weighted by Gasteiger charge is 2.31. The monoisotopic (exact) mass is 304 g/mol. The van der Waals surface area contributed by atoms with Crippen molar-refractivity contribution in [2.24, 2.45) is 17.6 Å². The highest BCUT2D eigenvalue weighted by molar-refractivity contribution is 5.77. The Hall–Kier alpha value is -1.42. The first-order chi connectivity index (χ1) is 10.6. The highest BCUT2D eigenvalue weighted by Crippen LogP contribution is 2.33. The maximum atomic E-state index is 13.2. The van der Waals surface area contributed by atoms with Gasteiger partial charge in [-0.15, -0.1) is 0 Å². The third-order valence-corrected chi connectivity index (χ3v) is 5.02. The van der Waals surface area contributed by atoms with Crippen molar-refractivity contribution in [1.29, 1.82) is 0 Å². The number of amides is 1. The molecule has 1 aliphatic heterocycles. The van der Waals surface area contributed by atoms with Crippen LogP contribution in [0.1, 0.15) is 37.7 Å². The molecule has 1 aromatic rings. The van der Waals surface area contributed by atoms with Crippen LogP contribution in [0, 0.1) is 17.7 Å². The Labute approximate surface area is 131 Å². The number of rotatable bonds is 5. The topological polar surface area (TPSA) is 46.3 Å². The zero-order valence-corrected chi connectivity index (χ0v) is 13.0. The van der Waals surface area contributed by atoms with E-state index >= 15 is 0 Å². The molecule has 0 unspecified atom stereocenters. The number of carbonyl (C=O) groups excluding carboxylic acids is 1. The summed E-state index contributed by atoms with van der Waals surface area (Å²) in [6.45, 7) is 1.63. The van der Waals surface area contributed by atoms with Gasteiger partial charge < -0.3 is 10.6 Å². The summed E-state index contributed by atoms with van der Waals surface area (Å²) in [4.78, 5) is 14.2. The Morgan fingerprint density at radius 1 is 1.27 bits per heavy atom. The Balaban J connectivity index is 1.44. The van der Waals surface area contributed by atoms with E-state index in [0.717, 1.165) is 37.9 Å². The molecule has 0 bridgehead atoms. The van der Waals surface area contributed by atoms with E-state index in [9.17, 15) is 9.18 Å². The first-order valence-corrected chi connectivity index (χ1v) is 8.39. The maximum absolute atomic E-state index is 13.2. The second-order valence-electron chi connectivity index (χ2n) is 6.86. The summed E-state index contributed by atoms with van der Waals surface area (Å²) < 4.78 is 13.2. The average Bonchev–Trinajstić information content (AvgIpc) is 3.32. The van der Waals surface area contributed by atoms with E-state index in [4.69, 9.17) is 5.73 Å². The molecule has 4 heteroatoms.